The number of hydrogen-bond donors (Lipinski definition) is 1. The first-order valence-electron chi connectivity index (χ1n) is 10.9. The molecule has 2 saturated heterocycles. The summed E-state index contributed by atoms with van der Waals surface area (Å²) in [4.78, 5) is 29.6. The summed E-state index contributed by atoms with van der Waals surface area (Å²) in [5, 5.41) is 9.84. The Labute approximate surface area is 183 Å². The summed E-state index contributed by atoms with van der Waals surface area (Å²) >= 11 is 0. The van der Waals surface area contributed by atoms with Gasteiger partial charge in [-0.05, 0) is 37.5 Å². The number of ether oxygens (including phenoxy) is 1. The monoisotopic (exact) mass is 422 g/mol. The number of amides is 1. The van der Waals surface area contributed by atoms with E-state index in [4.69, 9.17) is 4.74 Å². The van der Waals surface area contributed by atoms with Crippen molar-refractivity contribution in [2.75, 3.05) is 19.7 Å². The number of carboxylic acids is 1. The van der Waals surface area contributed by atoms with E-state index >= 15 is 0 Å². The third-order valence-electron chi connectivity index (χ3n) is 6.54. The topological polar surface area (TPSA) is 70.1 Å². The molecular formula is C25H30N2O4. The fourth-order valence-corrected chi connectivity index (χ4v) is 5.10. The third-order valence-corrected chi connectivity index (χ3v) is 6.54. The number of carbonyl (C=O) groups excluding carboxylic acids is 1. The summed E-state index contributed by atoms with van der Waals surface area (Å²) in [5.74, 6) is -1.25. The van der Waals surface area contributed by atoms with Gasteiger partial charge >= 0.3 is 5.97 Å². The molecule has 31 heavy (non-hydrogen) atoms. The van der Waals surface area contributed by atoms with E-state index in [0.29, 0.717) is 18.4 Å². The molecule has 4 rings (SSSR count). The van der Waals surface area contributed by atoms with E-state index in [2.05, 4.69) is 17.0 Å². The van der Waals surface area contributed by atoms with Crippen LogP contribution in [0.3, 0.4) is 0 Å². The highest BCUT2D eigenvalue weighted by molar-refractivity contribution is 6.00. The van der Waals surface area contributed by atoms with Gasteiger partial charge in [0.15, 0.2) is 6.04 Å². The molecule has 1 atom stereocenters. The molecule has 0 radical (unpaired) electrons. The highest BCUT2D eigenvalue weighted by atomic mass is 16.5. The number of likely N-dealkylation sites (tertiary alicyclic amines) is 1. The molecule has 0 aliphatic carbocycles. The molecule has 2 aliphatic heterocycles. The maximum absolute atomic E-state index is 13.7. The normalized spacial score (nSPS) is 20.9. The van der Waals surface area contributed by atoms with Crippen molar-refractivity contribution in [1.82, 2.24) is 9.80 Å². The summed E-state index contributed by atoms with van der Waals surface area (Å²) in [6.45, 7) is 8.18. The first-order valence-corrected chi connectivity index (χ1v) is 10.9. The average Bonchev–Trinajstić information content (AvgIpc) is 3.09. The molecule has 164 valence electrons. The minimum Gasteiger partial charge on any atom is -0.480 e. The van der Waals surface area contributed by atoms with E-state index < -0.39 is 17.7 Å². The lowest BCUT2D eigenvalue weighted by molar-refractivity contribution is -0.144. The van der Waals surface area contributed by atoms with Gasteiger partial charge in [0.2, 0.25) is 0 Å². The molecule has 0 saturated carbocycles. The average molecular weight is 423 g/mol. The van der Waals surface area contributed by atoms with Crippen LogP contribution >= 0.6 is 0 Å². The van der Waals surface area contributed by atoms with Crippen LogP contribution in [0.1, 0.15) is 45.5 Å². The molecular weight excluding hydrogens is 392 g/mol. The van der Waals surface area contributed by atoms with Crippen LogP contribution in [-0.2, 0) is 16.1 Å². The van der Waals surface area contributed by atoms with Crippen molar-refractivity contribution >= 4 is 11.9 Å². The predicted octanol–water partition coefficient (Wildman–Crippen LogP) is 3.53. The largest absolute Gasteiger partial charge is 0.480 e. The highest BCUT2D eigenvalue weighted by Gasteiger charge is 2.54. The Balaban J connectivity index is 1.59. The molecule has 1 N–H and O–H groups in total. The SMILES string of the molecule is Cc1cc(C)c(C(=O)N2C(C(=O)O)COC23CCN(Cc2ccccc2)CC3)c(C)c1. The lowest BCUT2D eigenvalue weighted by Crippen LogP contribution is -2.58. The molecule has 2 aliphatic rings. The van der Waals surface area contributed by atoms with Gasteiger partial charge in [0.05, 0.1) is 6.61 Å². The zero-order valence-corrected chi connectivity index (χ0v) is 18.4. The van der Waals surface area contributed by atoms with Crippen LogP contribution in [-0.4, -0.2) is 58.2 Å². The summed E-state index contributed by atoms with van der Waals surface area (Å²) in [5.41, 5.74) is 3.80. The molecule has 1 amide bonds. The highest BCUT2D eigenvalue weighted by Crippen LogP contribution is 2.39. The van der Waals surface area contributed by atoms with Crippen molar-refractivity contribution in [2.24, 2.45) is 0 Å². The van der Waals surface area contributed by atoms with E-state index in [1.165, 1.54) is 10.5 Å². The second-order valence-electron chi connectivity index (χ2n) is 8.82. The number of hydrogen-bond acceptors (Lipinski definition) is 4. The molecule has 1 unspecified atom stereocenters. The van der Waals surface area contributed by atoms with Gasteiger partial charge in [-0.15, -0.1) is 0 Å². The zero-order chi connectivity index (χ0) is 22.2. The zero-order valence-electron chi connectivity index (χ0n) is 18.4. The van der Waals surface area contributed by atoms with E-state index in [-0.39, 0.29) is 12.5 Å². The molecule has 6 nitrogen and oxygen atoms in total. The van der Waals surface area contributed by atoms with Crippen LogP contribution < -0.4 is 0 Å². The van der Waals surface area contributed by atoms with Crippen LogP contribution in [0.25, 0.3) is 0 Å². The number of piperidine rings is 1. The Hall–Kier alpha value is -2.70. The third kappa shape index (κ3) is 4.10. The van der Waals surface area contributed by atoms with Crippen LogP contribution in [0.2, 0.25) is 0 Å². The quantitative estimate of drug-likeness (QED) is 0.816. The lowest BCUT2D eigenvalue weighted by Gasteiger charge is -2.44. The van der Waals surface area contributed by atoms with Crippen molar-refractivity contribution in [3.63, 3.8) is 0 Å². The minimum absolute atomic E-state index is 0.0315. The van der Waals surface area contributed by atoms with Gasteiger partial charge in [0, 0.05) is 38.0 Å². The van der Waals surface area contributed by atoms with Gasteiger partial charge in [-0.1, -0.05) is 48.0 Å². The number of rotatable bonds is 4. The van der Waals surface area contributed by atoms with Crippen LogP contribution in [0.5, 0.6) is 0 Å². The molecule has 2 heterocycles. The van der Waals surface area contributed by atoms with Crippen molar-refractivity contribution in [1.29, 1.82) is 0 Å². The number of carbonyl (C=O) groups is 2. The lowest BCUT2D eigenvalue weighted by atomic mass is 9.93. The fraction of sp³-hybridized carbons (Fsp3) is 0.440. The van der Waals surface area contributed by atoms with E-state index in [1.807, 2.05) is 51.1 Å². The molecule has 6 heteroatoms. The number of aryl methyl sites for hydroxylation is 3. The van der Waals surface area contributed by atoms with Gasteiger partial charge in [-0.2, -0.15) is 0 Å². The summed E-state index contributed by atoms with van der Waals surface area (Å²) < 4.78 is 6.11. The first-order chi connectivity index (χ1) is 14.8. The van der Waals surface area contributed by atoms with Gasteiger partial charge in [0.25, 0.3) is 5.91 Å². The summed E-state index contributed by atoms with van der Waals surface area (Å²) in [6, 6.07) is 13.3. The van der Waals surface area contributed by atoms with Gasteiger partial charge in [-0.3, -0.25) is 14.6 Å². The standard InChI is InChI=1S/C25H30N2O4/c1-17-13-18(2)22(19(3)14-17)23(28)27-21(24(29)30)16-31-25(27)9-11-26(12-10-25)15-20-7-5-4-6-8-20/h4-8,13-14,21H,9-12,15-16H2,1-3H3,(H,29,30). The molecule has 0 bridgehead atoms. The Morgan fingerprint density at radius 1 is 1.06 bits per heavy atom. The second kappa shape index (κ2) is 8.44. The number of benzene rings is 2. The smallest absolute Gasteiger partial charge is 0.328 e. The molecule has 2 fully saturated rings. The Kier molecular flexibility index (Phi) is 5.86. The molecule has 2 aromatic rings. The van der Waals surface area contributed by atoms with Crippen molar-refractivity contribution < 1.29 is 19.4 Å². The van der Waals surface area contributed by atoms with E-state index in [9.17, 15) is 14.7 Å². The maximum atomic E-state index is 13.7. The Bertz CT molecular complexity index is 957. The maximum Gasteiger partial charge on any atom is 0.328 e. The van der Waals surface area contributed by atoms with E-state index in [0.717, 1.165) is 36.3 Å². The Morgan fingerprint density at radius 2 is 1.68 bits per heavy atom. The molecule has 2 aromatic carbocycles. The fourth-order valence-electron chi connectivity index (χ4n) is 5.10. The molecule has 1 spiro atoms. The first kappa shape index (κ1) is 21.5. The van der Waals surface area contributed by atoms with Gasteiger partial charge < -0.3 is 9.84 Å². The second-order valence-corrected chi connectivity index (χ2v) is 8.82. The van der Waals surface area contributed by atoms with E-state index in [1.54, 1.807) is 0 Å². The predicted molar refractivity (Wildman–Crippen MR) is 118 cm³/mol. The van der Waals surface area contributed by atoms with Crippen molar-refractivity contribution in [3.8, 4) is 0 Å². The van der Waals surface area contributed by atoms with Crippen LogP contribution in [0.4, 0.5) is 0 Å². The number of carboxylic acid groups (broad SMARTS) is 1. The molecule has 0 aromatic heterocycles. The summed E-state index contributed by atoms with van der Waals surface area (Å²) in [6.07, 6.45) is 1.19. The Morgan fingerprint density at radius 3 is 2.26 bits per heavy atom. The minimum atomic E-state index is -1.01. The van der Waals surface area contributed by atoms with Crippen molar-refractivity contribution in [2.45, 2.75) is 51.9 Å². The van der Waals surface area contributed by atoms with Crippen LogP contribution in [0, 0.1) is 20.8 Å². The van der Waals surface area contributed by atoms with Gasteiger partial charge in [0.1, 0.15) is 5.72 Å². The summed E-state index contributed by atoms with van der Waals surface area (Å²) in [7, 11) is 0. The number of nitrogens with zero attached hydrogens (tertiary/aromatic N) is 2. The van der Waals surface area contributed by atoms with Crippen molar-refractivity contribution in [3.05, 3.63) is 70.3 Å². The van der Waals surface area contributed by atoms with Crippen LogP contribution in [0.15, 0.2) is 42.5 Å². The number of aliphatic carboxylic acids is 1. The van der Waals surface area contributed by atoms with Gasteiger partial charge in [-0.25, -0.2) is 4.79 Å².